The minimum atomic E-state index is -0.491. The number of nitrogens with zero attached hydrogens (tertiary/aromatic N) is 1. The van der Waals surface area contributed by atoms with Gasteiger partial charge in [-0.05, 0) is 54.7 Å². The molecule has 1 fully saturated rings. The van der Waals surface area contributed by atoms with Gasteiger partial charge in [-0.2, -0.15) is 0 Å². The molecule has 2 aromatic rings. The van der Waals surface area contributed by atoms with Gasteiger partial charge in [0.25, 0.3) is 0 Å². The molecule has 0 aromatic heterocycles. The fraction of sp³-hybridized carbons (Fsp3) is 0.440. The summed E-state index contributed by atoms with van der Waals surface area (Å²) in [5, 5.41) is 4.52. The zero-order valence-corrected chi connectivity index (χ0v) is 20.7. The number of hydrogen-bond acceptors (Lipinski definition) is 3. The summed E-state index contributed by atoms with van der Waals surface area (Å²) in [6.45, 7) is 2.34. The first kappa shape index (κ1) is 24.9. The molecular weight excluding hydrogens is 463 g/mol. The van der Waals surface area contributed by atoms with Crippen molar-refractivity contribution in [2.45, 2.75) is 63.4 Å². The standard InChI is InChI=1S/C25H30Cl2N2O2S/c1-2-23(25(31)28-22-5-3-4-6-22)29(15-18-7-11-20(26)12-8-18)24(30)17-32-16-19-9-13-21(27)14-10-19/h7-14,22-23H,2-6,15-17H2,1H3,(H,28,31). The number of hydrogen-bond donors (Lipinski definition) is 1. The summed E-state index contributed by atoms with van der Waals surface area (Å²) in [5.74, 6) is 0.934. The first-order valence-corrected chi connectivity index (χ1v) is 13.0. The van der Waals surface area contributed by atoms with Crippen LogP contribution in [0.5, 0.6) is 0 Å². The fourth-order valence-corrected chi connectivity index (χ4v) is 5.12. The van der Waals surface area contributed by atoms with E-state index in [0.717, 1.165) is 36.8 Å². The van der Waals surface area contributed by atoms with Gasteiger partial charge in [0.15, 0.2) is 0 Å². The Balaban J connectivity index is 1.68. The molecule has 1 aliphatic rings. The number of halogens is 2. The number of thioether (sulfide) groups is 1. The molecule has 1 N–H and O–H groups in total. The summed E-state index contributed by atoms with van der Waals surface area (Å²) in [6.07, 6.45) is 4.90. The zero-order valence-electron chi connectivity index (χ0n) is 18.4. The van der Waals surface area contributed by atoms with Crippen molar-refractivity contribution in [3.05, 3.63) is 69.7 Å². The second kappa shape index (κ2) is 12.5. The van der Waals surface area contributed by atoms with E-state index in [0.29, 0.717) is 34.5 Å². The second-order valence-corrected chi connectivity index (χ2v) is 10.0. The van der Waals surface area contributed by atoms with E-state index in [1.165, 1.54) is 0 Å². The number of benzene rings is 2. The van der Waals surface area contributed by atoms with Crippen molar-refractivity contribution in [2.24, 2.45) is 0 Å². The molecule has 2 aromatic carbocycles. The van der Waals surface area contributed by atoms with Gasteiger partial charge in [-0.25, -0.2) is 0 Å². The number of nitrogens with one attached hydrogen (secondary N) is 1. The highest BCUT2D eigenvalue weighted by Gasteiger charge is 2.30. The maximum atomic E-state index is 13.3. The maximum absolute atomic E-state index is 13.3. The van der Waals surface area contributed by atoms with Crippen LogP contribution in [0, 0.1) is 0 Å². The lowest BCUT2D eigenvalue weighted by Crippen LogP contribution is -2.51. The van der Waals surface area contributed by atoms with E-state index in [-0.39, 0.29) is 17.9 Å². The molecule has 172 valence electrons. The molecule has 0 radical (unpaired) electrons. The topological polar surface area (TPSA) is 49.4 Å². The van der Waals surface area contributed by atoms with Gasteiger partial charge in [0, 0.05) is 28.4 Å². The Morgan fingerprint density at radius 2 is 1.56 bits per heavy atom. The summed E-state index contributed by atoms with van der Waals surface area (Å²) in [5.41, 5.74) is 2.07. The van der Waals surface area contributed by atoms with Crippen LogP contribution in [0.3, 0.4) is 0 Å². The van der Waals surface area contributed by atoms with Crippen molar-refractivity contribution in [1.82, 2.24) is 10.2 Å². The van der Waals surface area contributed by atoms with Gasteiger partial charge in [0.1, 0.15) is 6.04 Å². The van der Waals surface area contributed by atoms with Crippen LogP contribution in [0.25, 0.3) is 0 Å². The molecule has 0 heterocycles. The Bertz CT molecular complexity index is 884. The number of carbonyl (C=O) groups is 2. The largest absolute Gasteiger partial charge is 0.352 e. The van der Waals surface area contributed by atoms with Crippen molar-refractivity contribution in [2.75, 3.05) is 5.75 Å². The number of carbonyl (C=O) groups excluding carboxylic acids is 2. The van der Waals surface area contributed by atoms with Crippen molar-refractivity contribution in [3.8, 4) is 0 Å². The Morgan fingerprint density at radius 1 is 1.00 bits per heavy atom. The van der Waals surface area contributed by atoms with Gasteiger partial charge in [-0.15, -0.1) is 11.8 Å². The van der Waals surface area contributed by atoms with Crippen molar-refractivity contribution in [3.63, 3.8) is 0 Å². The van der Waals surface area contributed by atoms with Gasteiger partial charge < -0.3 is 10.2 Å². The van der Waals surface area contributed by atoms with E-state index < -0.39 is 6.04 Å². The second-order valence-electron chi connectivity index (χ2n) is 8.18. The van der Waals surface area contributed by atoms with E-state index >= 15 is 0 Å². The molecule has 3 rings (SSSR count). The molecule has 1 aliphatic carbocycles. The third kappa shape index (κ3) is 7.43. The van der Waals surface area contributed by atoms with Crippen molar-refractivity contribution >= 4 is 46.8 Å². The van der Waals surface area contributed by atoms with Crippen molar-refractivity contribution < 1.29 is 9.59 Å². The summed E-state index contributed by atoms with van der Waals surface area (Å²) in [6, 6.07) is 14.8. The molecule has 32 heavy (non-hydrogen) atoms. The van der Waals surface area contributed by atoms with Crippen LogP contribution in [0.1, 0.15) is 50.2 Å². The molecule has 0 spiro atoms. The molecule has 0 saturated heterocycles. The predicted molar refractivity (Wildman–Crippen MR) is 134 cm³/mol. The average molecular weight is 494 g/mol. The van der Waals surface area contributed by atoms with E-state index in [9.17, 15) is 9.59 Å². The average Bonchev–Trinajstić information content (AvgIpc) is 3.29. The Kier molecular flexibility index (Phi) is 9.76. The smallest absolute Gasteiger partial charge is 0.243 e. The Labute approximate surface area is 205 Å². The van der Waals surface area contributed by atoms with Crippen LogP contribution in [0.2, 0.25) is 10.0 Å². The molecule has 7 heteroatoms. The monoisotopic (exact) mass is 492 g/mol. The lowest BCUT2D eigenvalue weighted by molar-refractivity contribution is -0.139. The lowest BCUT2D eigenvalue weighted by Gasteiger charge is -2.31. The molecule has 4 nitrogen and oxygen atoms in total. The van der Waals surface area contributed by atoms with Crippen LogP contribution in [0.4, 0.5) is 0 Å². The molecule has 1 atom stereocenters. The van der Waals surface area contributed by atoms with Crippen molar-refractivity contribution in [1.29, 1.82) is 0 Å². The third-order valence-corrected chi connectivity index (χ3v) is 7.25. The fourth-order valence-electron chi connectivity index (χ4n) is 3.99. The first-order valence-electron chi connectivity index (χ1n) is 11.1. The highest BCUT2D eigenvalue weighted by Crippen LogP contribution is 2.21. The van der Waals surface area contributed by atoms with Crippen LogP contribution in [-0.2, 0) is 21.9 Å². The highest BCUT2D eigenvalue weighted by molar-refractivity contribution is 7.99. The highest BCUT2D eigenvalue weighted by atomic mass is 35.5. The number of rotatable bonds is 10. The Morgan fingerprint density at radius 3 is 2.12 bits per heavy atom. The molecule has 2 amide bonds. The normalized spacial score (nSPS) is 14.8. The van der Waals surface area contributed by atoms with Crippen LogP contribution in [0.15, 0.2) is 48.5 Å². The van der Waals surface area contributed by atoms with E-state index in [2.05, 4.69) is 5.32 Å². The first-order chi connectivity index (χ1) is 15.5. The maximum Gasteiger partial charge on any atom is 0.243 e. The predicted octanol–water partition coefficient (Wildman–Crippen LogP) is 6.09. The molecular formula is C25H30Cl2N2O2S. The minimum absolute atomic E-state index is 0.0349. The van der Waals surface area contributed by atoms with E-state index in [1.54, 1.807) is 16.7 Å². The van der Waals surface area contributed by atoms with Crippen LogP contribution >= 0.6 is 35.0 Å². The van der Waals surface area contributed by atoms with E-state index in [4.69, 9.17) is 23.2 Å². The SMILES string of the molecule is CCC(C(=O)NC1CCCC1)N(Cc1ccc(Cl)cc1)C(=O)CSCc1ccc(Cl)cc1. The van der Waals surface area contributed by atoms with Gasteiger partial charge in [0.2, 0.25) is 11.8 Å². The zero-order chi connectivity index (χ0) is 22.9. The van der Waals surface area contributed by atoms with Gasteiger partial charge in [0.05, 0.1) is 5.75 Å². The summed E-state index contributed by atoms with van der Waals surface area (Å²) >= 11 is 13.5. The third-order valence-electron chi connectivity index (χ3n) is 5.76. The minimum Gasteiger partial charge on any atom is -0.352 e. The quantitative estimate of drug-likeness (QED) is 0.436. The van der Waals surface area contributed by atoms with Crippen LogP contribution < -0.4 is 5.32 Å². The molecule has 1 unspecified atom stereocenters. The summed E-state index contributed by atoms with van der Waals surface area (Å²) < 4.78 is 0. The summed E-state index contributed by atoms with van der Waals surface area (Å²) in [4.78, 5) is 28.1. The van der Waals surface area contributed by atoms with E-state index in [1.807, 2.05) is 55.5 Å². The summed E-state index contributed by atoms with van der Waals surface area (Å²) in [7, 11) is 0. The Hall–Kier alpha value is -1.69. The number of amides is 2. The molecule has 1 saturated carbocycles. The molecule has 0 aliphatic heterocycles. The van der Waals surface area contributed by atoms with Gasteiger partial charge >= 0.3 is 0 Å². The van der Waals surface area contributed by atoms with Gasteiger partial charge in [-0.1, -0.05) is 67.2 Å². The van der Waals surface area contributed by atoms with Crippen LogP contribution in [-0.4, -0.2) is 34.6 Å². The van der Waals surface area contributed by atoms with Gasteiger partial charge in [-0.3, -0.25) is 9.59 Å². The lowest BCUT2D eigenvalue weighted by atomic mass is 10.1. The molecule has 0 bridgehead atoms.